The summed E-state index contributed by atoms with van der Waals surface area (Å²) < 4.78 is 0. The molecule has 0 fully saturated rings. The van der Waals surface area contributed by atoms with Crippen molar-refractivity contribution >= 4 is 22.1 Å². The summed E-state index contributed by atoms with van der Waals surface area (Å²) in [7, 11) is 0. The predicted molar refractivity (Wildman–Crippen MR) is 43.5 cm³/mol. The number of carbonyl (C=O) groups excluding carboxylic acids is 1. The van der Waals surface area contributed by atoms with Gasteiger partial charge in [0.2, 0.25) is 0 Å². The predicted octanol–water partition coefficient (Wildman–Crippen LogP) is 1.84. The van der Waals surface area contributed by atoms with Crippen LogP contribution in [0.4, 0.5) is 5.00 Å². The van der Waals surface area contributed by atoms with Gasteiger partial charge in [0.25, 0.3) is 0 Å². The Bertz CT molecular complexity index is 245. The normalized spacial score (nSPS) is 9.80. The summed E-state index contributed by atoms with van der Waals surface area (Å²) in [4.78, 5) is 11.5. The molecule has 0 atom stereocenters. The summed E-state index contributed by atoms with van der Waals surface area (Å²) in [6.07, 6.45) is 0. The number of hydrogen-bond donors (Lipinski definition) is 1. The Balaban J connectivity index is 3.10. The molecule has 0 aliphatic rings. The molecule has 0 unspecified atom stereocenters. The fourth-order valence-corrected chi connectivity index (χ4v) is 1.51. The van der Waals surface area contributed by atoms with Crippen LogP contribution >= 0.6 is 11.3 Å². The van der Waals surface area contributed by atoms with Gasteiger partial charge in [-0.3, -0.25) is 4.79 Å². The summed E-state index contributed by atoms with van der Waals surface area (Å²) >= 11 is 1.35. The van der Waals surface area contributed by atoms with E-state index in [1.165, 1.54) is 11.3 Å². The number of hydrogen-bond acceptors (Lipinski definition) is 3. The maximum absolute atomic E-state index is 10.8. The number of nitrogens with two attached hydrogens (primary N) is 1. The first-order valence-electron chi connectivity index (χ1n) is 2.98. The zero-order valence-electron chi connectivity index (χ0n) is 5.97. The maximum atomic E-state index is 10.8. The van der Waals surface area contributed by atoms with Crippen molar-refractivity contribution in [3.05, 3.63) is 16.5 Å². The monoisotopic (exact) mass is 155 g/mol. The summed E-state index contributed by atoms with van der Waals surface area (Å²) in [5.41, 5.74) is 6.54. The van der Waals surface area contributed by atoms with Crippen LogP contribution in [0.15, 0.2) is 6.07 Å². The molecule has 2 nitrogen and oxygen atoms in total. The van der Waals surface area contributed by atoms with E-state index < -0.39 is 0 Å². The third-order valence-corrected chi connectivity index (χ3v) is 2.47. The minimum absolute atomic E-state index is 0.0878. The standard InChI is InChI=1S/C7H9NOS/c1-4-3-6(5(2)9)10-7(4)8/h3H,8H2,1-2H3. The molecule has 54 valence electrons. The van der Waals surface area contributed by atoms with Crippen LogP contribution in [0.25, 0.3) is 0 Å². The fraction of sp³-hybridized carbons (Fsp3) is 0.286. The van der Waals surface area contributed by atoms with E-state index in [9.17, 15) is 4.79 Å². The Labute approximate surface area is 63.7 Å². The van der Waals surface area contributed by atoms with Gasteiger partial charge in [-0.15, -0.1) is 11.3 Å². The van der Waals surface area contributed by atoms with Crippen molar-refractivity contribution in [2.24, 2.45) is 0 Å². The van der Waals surface area contributed by atoms with Crippen LogP contribution in [0, 0.1) is 6.92 Å². The Morgan fingerprint density at radius 1 is 1.70 bits per heavy atom. The van der Waals surface area contributed by atoms with Crippen molar-refractivity contribution in [1.29, 1.82) is 0 Å². The minimum atomic E-state index is 0.0878. The number of nitrogen functional groups attached to an aromatic ring is 1. The summed E-state index contributed by atoms with van der Waals surface area (Å²) in [6, 6.07) is 1.82. The average molecular weight is 155 g/mol. The van der Waals surface area contributed by atoms with Crippen LogP contribution in [0.1, 0.15) is 22.2 Å². The van der Waals surface area contributed by atoms with Gasteiger partial charge in [-0.25, -0.2) is 0 Å². The molecule has 2 N–H and O–H groups in total. The highest BCUT2D eigenvalue weighted by Crippen LogP contribution is 2.23. The van der Waals surface area contributed by atoms with Crippen molar-refractivity contribution < 1.29 is 4.79 Å². The van der Waals surface area contributed by atoms with Gasteiger partial charge in [-0.2, -0.15) is 0 Å². The van der Waals surface area contributed by atoms with E-state index in [2.05, 4.69) is 0 Å². The van der Waals surface area contributed by atoms with E-state index >= 15 is 0 Å². The lowest BCUT2D eigenvalue weighted by Gasteiger charge is -1.81. The second kappa shape index (κ2) is 2.42. The Kier molecular flexibility index (Phi) is 1.76. The van der Waals surface area contributed by atoms with E-state index in [0.29, 0.717) is 0 Å². The lowest BCUT2D eigenvalue weighted by atomic mass is 10.3. The van der Waals surface area contributed by atoms with Gasteiger partial charge < -0.3 is 5.73 Å². The summed E-state index contributed by atoms with van der Waals surface area (Å²) in [5, 5.41) is 0.741. The molecule has 1 rings (SSSR count). The number of ketones is 1. The number of rotatable bonds is 1. The largest absolute Gasteiger partial charge is 0.390 e. The van der Waals surface area contributed by atoms with Crippen molar-refractivity contribution in [3.8, 4) is 0 Å². The van der Waals surface area contributed by atoms with Crippen molar-refractivity contribution in [2.75, 3.05) is 5.73 Å². The Hall–Kier alpha value is -0.830. The first-order valence-corrected chi connectivity index (χ1v) is 3.79. The molecule has 10 heavy (non-hydrogen) atoms. The quantitative estimate of drug-likeness (QED) is 0.629. The molecule has 1 aromatic heterocycles. The van der Waals surface area contributed by atoms with Gasteiger partial charge in [0.05, 0.1) is 9.88 Å². The second-order valence-corrected chi connectivity index (χ2v) is 3.30. The van der Waals surface area contributed by atoms with Crippen molar-refractivity contribution in [2.45, 2.75) is 13.8 Å². The fourth-order valence-electron chi connectivity index (χ4n) is 0.670. The van der Waals surface area contributed by atoms with Crippen LogP contribution in [-0.4, -0.2) is 5.78 Å². The van der Waals surface area contributed by atoms with Crippen LogP contribution in [0.2, 0.25) is 0 Å². The van der Waals surface area contributed by atoms with E-state index in [0.717, 1.165) is 15.4 Å². The molecule has 0 bridgehead atoms. The van der Waals surface area contributed by atoms with Gasteiger partial charge in [-0.05, 0) is 25.5 Å². The van der Waals surface area contributed by atoms with Gasteiger partial charge >= 0.3 is 0 Å². The number of anilines is 1. The van der Waals surface area contributed by atoms with E-state index in [1.807, 2.05) is 13.0 Å². The number of thiophene rings is 1. The van der Waals surface area contributed by atoms with Crippen molar-refractivity contribution in [3.63, 3.8) is 0 Å². The molecule has 0 amide bonds. The molecule has 0 aromatic carbocycles. The summed E-state index contributed by atoms with van der Waals surface area (Å²) in [5.74, 6) is 0.0878. The molecular weight excluding hydrogens is 146 g/mol. The third kappa shape index (κ3) is 1.19. The highest BCUT2D eigenvalue weighted by Gasteiger charge is 2.04. The highest BCUT2D eigenvalue weighted by molar-refractivity contribution is 7.18. The van der Waals surface area contributed by atoms with Crippen molar-refractivity contribution in [1.82, 2.24) is 0 Å². The molecule has 0 radical (unpaired) electrons. The van der Waals surface area contributed by atoms with E-state index in [4.69, 9.17) is 5.73 Å². The molecule has 1 aromatic rings. The molecular formula is C7H9NOS. The molecule has 0 saturated heterocycles. The van der Waals surface area contributed by atoms with Gasteiger partial charge in [0.15, 0.2) is 5.78 Å². The second-order valence-electron chi connectivity index (χ2n) is 2.21. The average Bonchev–Trinajstić information content (AvgIpc) is 2.13. The zero-order chi connectivity index (χ0) is 7.72. The molecule has 0 spiro atoms. The van der Waals surface area contributed by atoms with Gasteiger partial charge in [0.1, 0.15) is 0 Å². The van der Waals surface area contributed by atoms with Gasteiger partial charge in [0, 0.05) is 0 Å². The lowest BCUT2D eigenvalue weighted by molar-refractivity contribution is 0.102. The lowest BCUT2D eigenvalue weighted by Crippen LogP contribution is -1.83. The molecule has 1 heterocycles. The number of carbonyl (C=O) groups is 1. The maximum Gasteiger partial charge on any atom is 0.169 e. The Morgan fingerprint density at radius 3 is 2.50 bits per heavy atom. The SMILES string of the molecule is CC(=O)c1cc(C)c(N)s1. The molecule has 3 heteroatoms. The van der Waals surface area contributed by atoms with Crippen LogP contribution in [-0.2, 0) is 0 Å². The van der Waals surface area contributed by atoms with Gasteiger partial charge in [-0.1, -0.05) is 0 Å². The van der Waals surface area contributed by atoms with Crippen LogP contribution < -0.4 is 5.73 Å². The first kappa shape index (κ1) is 7.28. The summed E-state index contributed by atoms with van der Waals surface area (Å²) in [6.45, 7) is 3.45. The molecule has 0 saturated carbocycles. The van der Waals surface area contributed by atoms with E-state index in [-0.39, 0.29) is 5.78 Å². The zero-order valence-corrected chi connectivity index (χ0v) is 6.79. The third-order valence-electron chi connectivity index (χ3n) is 1.30. The molecule has 0 aliphatic heterocycles. The number of aryl methyl sites for hydroxylation is 1. The topological polar surface area (TPSA) is 43.1 Å². The number of Topliss-reactive ketones (excluding diaryl/α,β-unsaturated/α-hetero) is 1. The first-order chi connectivity index (χ1) is 4.61. The van der Waals surface area contributed by atoms with Crippen LogP contribution in [0.3, 0.4) is 0 Å². The van der Waals surface area contributed by atoms with Crippen LogP contribution in [0.5, 0.6) is 0 Å². The molecule has 0 aliphatic carbocycles. The smallest absolute Gasteiger partial charge is 0.169 e. The Morgan fingerprint density at radius 2 is 2.30 bits per heavy atom. The minimum Gasteiger partial charge on any atom is -0.390 e. The highest BCUT2D eigenvalue weighted by atomic mass is 32.1. The van der Waals surface area contributed by atoms with E-state index in [1.54, 1.807) is 6.92 Å².